The number of ether oxygens (including phenoxy) is 1. The van der Waals surface area contributed by atoms with Crippen LogP contribution in [0.4, 0.5) is 0 Å². The molecule has 0 bridgehead atoms. The number of carbonyl (C=O) groups excluding carboxylic acids is 1. The Bertz CT molecular complexity index is 1160. The minimum Gasteiger partial charge on any atom is -0.485 e. The molecule has 0 unspecified atom stereocenters. The minimum atomic E-state index is -0.205. The second kappa shape index (κ2) is 10.2. The quantitative estimate of drug-likeness (QED) is 0.373. The van der Waals surface area contributed by atoms with Gasteiger partial charge in [0.15, 0.2) is 11.0 Å². The summed E-state index contributed by atoms with van der Waals surface area (Å²) in [5.74, 6) is 2.27. The van der Waals surface area contributed by atoms with Crippen LogP contribution in [0.3, 0.4) is 0 Å². The van der Waals surface area contributed by atoms with Gasteiger partial charge in [0, 0.05) is 5.69 Å². The summed E-state index contributed by atoms with van der Waals surface area (Å²) in [4.78, 5) is 12.5. The number of thioether (sulfide) groups is 1. The third-order valence-electron chi connectivity index (χ3n) is 4.84. The van der Waals surface area contributed by atoms with Gasteiger partial charge in [-0.3, -0.25) is 9.36 Å². The van der Waals surface area contributed by atoms with Gasteiger partial charge in [0.05, 0.1) is 18.1 Å². The van der Waals surface area contributed by atoms with Gasteiger partial charge in [0.1, 0.15) is 18.1 Å². The van der Waals surface area contributed by atoms with Crippen LogP contribution in [0.5, 0.6) is 5.75 Å². The maximum absolute atomic E-state index is 12.5. The number of para-hydroxylation sites is 2. The summed E-state index contributed by atoms with van der Waals surface area (Å²) >= 11 is 1.33. The van der Waals surface area contributed by atoms with Crippen molar-refractivity contribution in [2.75, 3.05) is 5.75 Å². The number of hydrogen-bond acceptors (Lipinski definition) is 6. The lowest BCUT2D eigenvalue weighted by Crippen LogP contribution is -2.28. The van der Waals surface area contributed by atoms with Crippen molar-refractivity contribution in [1.82, 2.24) is 20.1 Å². The van der Waals surface area contributed by atoms with Crippen LogP contribution < -0.4 is 10.1 Å². The highest BCUT2D eigenvalue weighted by Crippen LogP contribution is 2.24. The van der Waals surface area contributed by atoms with Crippen LogP contribution in [-0.2, 0) is 11.4 Å². The van der Waals surface area contributed by atoms with E-state index in [2.05, 4.69) is 15.5 Å². The molecule has 2 aromatic heterocycles. The summed E-state index contributed by atoms with van der Waals surface area (Å²) in [7, 11) is 0. The number of amides is 1. The molecule has 1 N–H and O–H groups in total. The summed E-state index contributed by atoms with van der Waals surface area (Å²) in [6.07, 6.45) is 1.59. The first kappa shape index (κ1) is 21.7. The van der Waals surface area contributed by atoms with Crippen molar-refractivity contribution in [3.63, 3.8) is 0 Å². The zero-order valence-corrected chi connectivity index (χ0v) is 18.7. The largest absolute Gasteiger partial charge is 0.485 e. The number of nitrogens with one attached hydrogen (secondary N) is 1. The molecule has 8 heteroatoms. The van der Waals surface area contributed by atoms with E-state index in [0.717, 1.165) is 17.0 Å². The first-order valence-electron chi connectivity index (χ1n) is 10.3. The number of furan rings is 1. The molecule has 7 nitrogen and oxygen atoms in total. The van der Waals surface area contributed by atoms with Crippen LogP contribution in [0, 0.1) is 6.92 Å². The summed E-state index contributed by atoms with van der Waals surface area (Å²) in [5, 5.41) is 12.2. The molecule has 0 aliphatic carbocycles. The Labute approximate surface area is 190 Å². The van der Waals surface area contributed by atoms with E-state index < -0.39 is 0 Å². The van der Waals surface area contributed by atoms with Gasteiger partial charge in [0.25, 0.3) is 0 Å². The molecule has 0 aliphatic heterocycles. The number of carbonyl (C=O) groups is 1. The average Bonchev–Trinajstić information content (AvgIpc) is 3.48. The summed E-state index contributed by atoms with van der Waals surface area (Å²) in [5.41, 5.74) is 1.96. The fourth-order valence-electron chi connectivity index (χ4n) is 3.21. The van der Waals surface area contributed by atoms with Crippen LogP contribution in [0.2, 0.25) is 0 Å². The van der Waals surface area contributed by atoms with Crippen molar-refractivity contribution in [1.29, 1.82) is 0 Å². The topological polar surface area (TPSA) is 82.2 Å². The zero-order valence-electron chi connectivity index (χ0n) is 17.9. The van der Waals surface area contributed by atoms with Gasteiger partial charge in [-0.1, -0.05) is 48.2 Å². The van der Waals surface area contributed by atoms with Gasteiger partial charge in [-0.25, -0.2) is 0 Å². The predicted molar refractivity (Wildman–Crippen MR) is 123 cm³/mol. The Hall–Kier alpha value is -3.52. The highest BCUT2D eigenvalue weighted by atomic mass is 32.2. The molecule has 2 heterocycles. The van der Waals surface area contributed by atoms with Crippen molar-refractivity contribution in [2.45, 2.75) is 31.7 Å². The van der Waals surface area contributed by atoms with Crippen molar-refractivity contribution >= 4 is 17.7 Å². The maximum atomic E-state index is 12.5. The first-order valence-corrected chi connectivity index (χ1v) is 11.2. The van der Waals surface area contributed by atoms with Crippen molar-refractivity contribution in [3.8, 4) is 11.4 Å². The minimum absolute atomic E-state index is 0.112. The zero-order chi connectivity index (χ0) is 22.3. The molecule has 0 spiro atoms. The molecule has 0 saturated heterocycles. The van der Waals surface area contributed by atoms with E-state index in [1.165, 1.54) is 11.8 Å². The molecular weight excluding hydrogens is 424 g/mol. The molecule has 1 amide bonds. The number of nitrogens with zero attached hydrogens (tertiary/aromatic N) is 3. The van der Waals surface area contributed by atoms with E-state index in [9.17, 15) is 4.79 Å². The predicted octanol–water partition coefficient (Wildman–Crippen LogP) is 4.72. The molecule has 32 heavy (non-hydrogen) atoms. The highest BCUT2D eigenvalue weighted by Gasteiger charge is 2.18. The summed E-state index contributed by atoms with van der Waals surface area (Å²) in [6, 6.07) is 21.1. The monoisotopic (exact) mass is 448 g/mol. The summed E-state index contributed by atoms with van der Waals surface area (Å²) in [6.45, 7) is 4.14. The molecule has 1 atom stereocenters. The van der Waals surface area contributed by atoms with E-state index in [1.807, 2.05) is 79.1 Å². The van der Waals surface area contributed by atoms with Crippen LogP contribution >= 0.6 is 11.8 Å². The Balaban J connectivity index is 1.48. The van der Waals surface area contributed by atoms with Gasteiger partial charge < -0.3 is 14.5 Å². The Morgan fingerprint density at radius 3 is 2.62 bits per heavy atom. The third kappa shape index (κ3) is 5.20. The van der Waals surface area contributed by atoms with Gasteiger partial charge in [-0.2, -0.15) is 0 Å². The van der Waals surface area contributed by atoms with E-state index in [0.29, 0.717) is 16.7 Å². The molecule has 0 aliphatic rings. The second-order valence-electron chi connectivity index (χ2n) is 7.22. The molecule has 4 aromatic rings. The number of rotatable bonds is 9. The summed E-state index contributed by atoms with van der Waals surface area (Å²) < 4.78 is 13.3. The molecule has 0 fully saturated rings. The van der Waals surface area contributed by atoms with Crippen molar-refractivity contribution in [3.05, 3.63) is 90.1 Å². The molecule has 4 rings (SSSR count). The van der Waals surface area contributed by atoms with Gasteiger partial charge in [0.2, 0.25) is 5.91 Å². The van der Waals surface area contributed by atoms with Crippen LogP contribution in [0.25, 0.3) is 5.69 Å². The Morgan fingerprint density at radius 1 is 1.09 bits per heavy atom. The van der Waals surface area contributed by atoms with Gasteiger partial charge in [-0.05, 0) is 49.7 Å². The first-order chi connectivity index (χ1) is 15.6. The van der Waals surface area contributed by atoms with E-state index in [4.69, 9.17) is 9.15 Å². The lowest BCUT2D eigenvalue weighted by Gasteiger charge is -2.13. The number of benzene rings is 2. The molecule has 164 valence electrons. The average molecular weight is 449 g/mol. The van der Waals surface area contributed by atoms with Crippen molar-refractivity contribution in [2.24, 2.45) is 0 Å². The lowest BCUT2D eigenvalue weighted by atomic mass is 10.2. The standard InChI is InChI=1S/C24H24N4O3S/c1-17-9-6-7-12-20(17)31-15-22-26-27-24(28(22)19-10-4-3-5-11-19)32-16-23(29)25-18(2)21-13-8-14-30-21/h3-14,18H,15-16H2,1-2H3,(H,25,29)/t18-/m0/s1. The van der Waals surface area contributed by atoms with Crippen LogP contribution in [0.15, 0.2) is 82.6 Å². The van der Waals surface area contributed by atoms with E-state index >= 15 is 0 Å². The molecular formula is C24H24N4O3S. The third-order valence-corrected chi connectivity index (χ3v) is 5.77. The second-order valence-corrected chi connectivity index (χ2v) is 8.16. The Morgan fingerprint density at radius 2 is 1.88 bits per heavy atom. The SMILES string of the molecule is Cc1ccccc1OCc1nnc(SCC(=O)N[C@@H](C)c2ccco2)n1-c1ccccc1. The van der Waals surface area contributed by atoms with E-state index in [1.54, 1.807) is 12.3 Å². The number of aryl methyl sites for hydroxylation is 1. The normalized spacial score (nSPS) is 11.8. The van der Waals surface area contributed by atoms with Crippen LogP contribution in [-0.4, -0.2) is 26.4 Å². The maximum Gasteiger partial charge on any atom is 0.231 e. The highest BCUT2D eigenvalue weighted by molar-refractivity contribution is 7.99. The van der Waals surface area contributed by atoms with Crippen molar-refractivity contribution < 1.29 is 13.9 Å². The molecule has 0 radical (unpaired) electrons. The number of hydrogen-bond donors (Lipinski definition) is 1. The smallest absolute Gasteiger partial charge is 0.231 e. The molecule has 0 saturated carbocycles. The van der Waals surface area contributed by atoms with Gasteiger partial charge in [-0.15, -0.1) is 10.2 Å². The Kier molecular flexibility index (Phi) is 6.91. The van der Waals surface area contributed by atoms with Crippen LogP contribution in [0.1, 0.15) is 30.1 Å². The number of aromatic nitrogens is 3. The lowest BCUT2D eigenvalue weighted by molar-refractivity contribution is -0.119. The molecule has 2 aromatic carbocycles. The van der Waals surface area contributed by atoms with Gasteiger partial charge >= 0.3 is 0 Å². The van der Waals surface area contributed by atoms with E-state index in [-0.39, 0.29) is 24.3 Å². The fraction of sp³-hybridized carbons (Fsp3) is 0.208. The fourth-order valence-corrected chi connectivity index (χ4v) is 3.99.